The summed E-state index contributed by atoms with van der Waals surface area (Å²) in [5.74, 6) is 0.414. The first kappa shape index (κ1) is 9.77. The summed E-state index contributed by atoms with van der Waals surface area (Å²) in [6, 6.07) is 0. The molecule has 0 bridgehead atoms. The third-order valence-corrected chi connectivity index (χ3v) is 1.91. The van der Waals surface area contributed by atoms with Gasteiger partial charge in [0.25, 0.3) is 0 Å². The molecule has 1 aromatic rings. The Morgan fingerprint density at radius 2 is 2.31 bits per heavy atom. The third-order valence-electron chi connectivity index (χ3n) is 1.91. The highest BCUT2D eigenvalue weighted by Gasteiger charge is 2.08. The second kappa shape index (κ2) is 4.07. The molecular weight excluding hydrogens is 168 g/mol. The number of carbonyl (C=O) groups excluding carboxylic acids is 1. The van der Waals surface area contributed by atoms with Gasteiger partial charge < -0.3 is 9.72 Å². The van der Waals surface area contributed by atoms with Crippen LogP contribution in [0.5, 0.6) is 0 Å². The van der Waals surface area contributed by atoms with Gasteiger partial charge in [-0.2, -0.15) is 0 Å². The minimum Gasteiger partial charge on any atom is -0.469 e. The van der Waals surface area contributed by atoms with Gasteiger partial charge in [0.15, 0.2) is 0 Å². The van der Waals surface area contributed by atoms with Gasteiger partial charge in [-0.15, -0.1) is 0 Å². The minimum absolute atomic E-state index is 0.220. The Kier molecular flexibility index (Phi) is 3.06. The van der Waals surface area contributed by atoms with Gasteiger partial charge >= 0.3 is 5.97 Å². The Morgan fingerprint density at radius 3 is 2.77 bits per heavy atom. The Labute approximate surface area is 77.3 Å². The fourth-order valence-electron chi connectivity index (χ4n) is 1.20. The number of esters is 1. The summed E-state index contributed by atoms with van der Waals surface area (Å²) in [5.41, 5.74) is 2.04. The number of aromatic amines is 1. The molecule has 0 fully saturated rings. The summed E-state index contributed by atoms with van der Waals surface area (Å²) >= 11 is 0. The van der Waals surface area contributed by atoms with Gasteiger partial charge in [0.1, 0.15) is 12.2 Å². The number of rotatable bonds is 3. The van der Waals surface area contributed by atoms with Crippen LogP contribution in [-0.2, 0) is 22.4 Å². The molecule has 0 aliphatic carbocycles. The molecule has 1 aromatic heterocycles. The van der Waals surface area contributed by atoms with E-state index in [0.717, 1.165) is 17.8 Å². The lowest BCUT2D eigenvalue weighted by Gasteiger charge is -1.93. The van der Waals surface area contributed by atoms with Gasteiger partial charge in [-0.1, -0.05) is 6.92 Å². The first-order valence-corrected chi connectivity index (χ1v) is 4.28. The molecule has 0 unspecified atom stereocenters. The lowest BCUT2D eigenvalue weighted by atomic mass is 10.3. The summed E-state index contributed by atoms with van der Waals surface area (Å²) in [7, 11) is 1.37. The van der Waals surface area contributed by atoms with Crippen LogP contribution in [0.15, 0.2) is 0 Å². The van der Waals surface area contributed by atoms with E-state index >= 15 is 0 Å². The molecule has 0 radical (unpaired) electrons. The molecular formula is C9H14N2O2. The number of hydrogen-bond donors (Lipinski definition) is 1. The number of ether oxygens (including phenoxy) is 1. The average molecular weight is 182 g/mol. The van der Waals surface area contributed by atoms with Gasteiger partial charge in [-0.3, -0.25) is 4.79 Å². The second-order valence-electron chi connectivity index (χ2n) is 2.86. The summed E-state index contributed by atoms with van der Waals surface area (Å²) in [6.45, 7) is 3.98. The largest absolute Gasteiger partial charge is 0.469 e. The fraction of sp³-hybridized carbons (Fsp3) is 0.556. The van der Waals surface area contributed by atoms with Crippen LogP contribution in [-0.4, -0.2) is 23.0 Å². The van der Waals surface area contributed by atoms with Crippen molar-refractivity contribution >= 4 is 5.97 Å². The molecule has 1 N–H and O–H groups in total. The van der Waals surface area contributed by atoms with Crippen LogP contribution < -0.4 is 0 Å². The van der Waals surface area contributed by atoms with E-state index in [4.69, 9.17) is 0 Å². The topological polar surface area (TPSA) is 55.0 Å². The van der Waals surface area contributed by atoms with Crippen LogP contribution in [0.4, 0.5) is 0 Å². The SMILES string of the molecule is CCc1nc(CC(=O)OC)[nH]c1C. The first-order chi connectivity index (χ1) is 6.17. The Hall–Kier alpha value is -1.32. The summed E-state index contributed by atoms with van der Waals surface area (Å²) in [4.78, 5) is 18.2. The van der Waals surface area contributed by atoms with Crippen LogP contribution in [0, 0.1) is 6.92 Å². The Bertz CT molecular complexity index is 305. The normalized spacial score (nSPS) is 10.1. The first-order valence-electron chi connectivity index (χ1n) is 4.28. The van der Waals surface area contributed by atoms with Crippen molar-refractivity contribution in [1.29, 1.82) is 0 Å². The molecule has 4 heteroatoms. The molecule has 1 rings (SSSR count). The smallest absolute Gasteiger partial charge is 0.313 e. The maximum atomic E-state index is 10.9. The summed E-state index contributed by atoms with van der Waals surface area (Å²) in [6.07, 6.45) is 1.10. The molecule has 0 saturated carbocycles. The molecule has 0 atom stereocenters. The molecule has 0 aliphatic rings. The number of aromatic nitrogens is 2. The predicted octanol–water partition coefficient (Wildman–Crippen LogP) is 0.996. The lowest BCUT2D eigenvalue weighted by molar-refractivity contribution is -0.139. The molecule has 13 heavy (non-hydrogen) atoms. The third kappa shape index (κ3) is 2.31. The molecule has 1 heterocycles. The van der Waals surface area contributed by atoms with E-state index in [1.54, 1.807) is 0 Å². The number of nitrogens with one attached hydrogen (secondary N) is 1. The number of carbonyl (C=O) groups is 1. The van der Waals surface area contributed by atoms with Gasteiger partial charge in [0.05, 0.1) is 12.8 Å². The van der Waals surface area contributed by atoms with E-state index in [2.05, 4.69) is 14.7 Å². The molecule has 0 spiro atoms. The molecule has 0 aliphatic heterocycles. The molecule has 72 valence electrons. The number of nitrogens with zero attached hydrogens (tertiary/aromatic N) is 1. The number of H-pyrrole nitrogens is 1. The summed E-state index contributed by atoms with van der Waals surface area (Å²) in [5, 5.41) is 0. The minimum atomic E-state index is -0.267. The Morgan fingerprint density at radius 1 is 1.62 bits per heavy atom. The van der Waals surface area contributed by atoms with E-state index in [1.165, 1.54) is 7.11 Å². The number of hydrogen-bond acceptors (Lipinski definition) is 3. The maximum absolute atomic E-state index is 10.9. The maximum Gasteiger partial charge on any atom is 0.313 e. The number of imidazole rings is 1. The van der Waals surface area contributed by atoms with Crippen molar-refractivity contribution < 1.29 is 9.53 Å². The molecule has 0 saturated heterocycles. The van der Waals surface area contributed by atoms with Crippen LogP contribution in [0.25, 0.3) is 0 Å². The lowest BCUT2D eigenvalue weighted by Crippen LogP contribution is -2.05. The van der Waals surface area contributed by atoms with Gasteiger partial charge in [0.2, 0.25) is 0 Å². The van der Waals surface area contributed by atoms with E-state index in [-0.39, 0.29) is 12.4 Å². The monoisotopic (exact) mass is 182 g/mol. The van der Waals surface area contributed by atoms with Crippen molar-refractivity contribution in [3.8, 4) is 0 Å². The van der Waals surface area contributed by atoms with Gasteiger partial charge in [-0.25, -0.2) is 4.98 Å². The zero-order chi connectivity index (χ0) is 9.84. The zero-order valence-electron chi connectivity index (χ0n) is 8.18. The highest BCUT2D eigenvalue weighted by atomic mass is 16.5. The number of aryl methyl sites for hydroxylation is 2. The van der Waals surface area contributed by atoms with Crippen molar-refractivity contribution in [1.82, 2.24) is 9.97 Å². The van der Waals surface area contributed by atoms with E-state index < -0.39 is 0 Å². The zero-order valence-corrected chi connectivity index (χ0v) is 8.18. The van der Waals surface area contributed by atoms with Crippen molar-refractivity contribution in [3.63, 3.8) is 0 Å². The van der Waals surface area contributed by atoms with Crippen molar-refractivity contribution in [2.24, 2.45) is 0 Å². The standard InChI is InChI=1S/C9H14N2O2/c1-4-7-6(2)10-8(11-7)5-9(12)13-3/h4-5H2,1-3H3,(H,10,11). The van der Waals surface area contributed by atoms with Crippen LogP contribution in [0.1, 0.15) is 24.1 Å². The quantitative estimate of drug-likeness (QED) is 0.709. The van der Waals surface area contributed by atoms with Crippen molar-refractivity contribution in [2.75, 3.05) is 7.11 Å². The van der Waals surface area contributed by atoms with Gasteiger partial charge in [0, 0.05) is 5.69 Å². The van der Waals surface area contributed by atoms with E-state index in [0.29, 0.717) is 5.82 Å². The fourth-order valence-corrected chi connectivity index (χ4v) is 1.20. The van der Waals surface area contributed by atoms with E-state index in [9.17, 15) is 4.79 Å². The van der Waals surface area contributed by atoms with Crippen molar-refractivity contribution in [3.05, 3.63) is 17.2 Å². The highest BCUT2D eigenvalue weighted by Crippen LogP contribution is 2.06. The van der Waals surface area contributed by atoms with Crippen molar-refractivity contribution in [2.45, 2.75) is 26.7 Å². The summed E-state index contributed by atoms with van der Waals surface area (Å²) < 4.78 is 4.54. The second-order valence-corrected chi connectivity index (χ2v) is 2.86. The van der Waals surface area contributed by atoms with Crippen LogP contribution in [0.2, 0.25) is 0 Å². The molecule has 0 amide bonds. The van der Waals surface area contributed by atoms with Crippen LogP contribution >= 0.6 is 0 Å². The predicted molar refractivity (Wildman–Crippen MR) is 48.4 cm³/mol. The molecule has 0 aromatic carbocycles. The van der Waals surface area contributed by atoms with E-state index in [1.807, 2.05) is 13.8 Å². The van der Waals surface area contributed by atoms with Crippen LogP contribution in [0.3, 0.4) is 0 Å². The Balaban J connectivity index is 2.73. The van der Waals surface area contributed by atoms with Gasteiger partial charge in [-0.05, 0) is 13.3 Å². The number of methoxy groups -OCH3 is 1. The average Bonchev–Trinajstić information content (AvgIpc) is 2.46. The highest BCUT2D eigenvalue weighted by molar-refractivity contribution is 5.71. The molecule has 4 nitrogen and oxygen atoms in total.